The Kier molecular flexibility index (Phi) is 4.48. The normalized spacial score (nSPS) is 13.0. The first-order valence-electron chi connectivity index (χ1n) is 7.66. The molecule has 3 N–H and O–H groups in total. The van der Waals surface area contributed by atoms with E-state index in [1.165, 1.54) is 12.1 Å². The standard InChI is InChI=1S/C19H15N3O3/c20-9-13-6-14(11-23)19(25)16(7-13)22-18-15(8-17(18)24)21-10-12-4-2-1-3-5-12/h1-7,11,21-22,25H,8,10H2. The van der Waals surface area contributed by atoms with Gasteiger partial charge in [0, 0.05) is 12.2 Å². The number of carbonyl (C=O) groups excluding carboxylic acids is 2. The number of benzene rings is 2. The molecule has 6 nitrogen and oxygen atoms in total. The molecule has 0 saturated heterocycles. The van der Waals surface area contributed by atoms with Crippen molar-refractivity contribution in [3.63, 3.8) is 0 Å². The number of nitrogens with one attached hydrogen (secondary N) is 2. The Morgan fingerprint density at radius 3 is 2.64 bits per heavy atom. The summed E-state index contributed by atoms with van der Waals surface area (Å²) in [5, 5.41) is 25.2. The summed E-state index contributed by atoms with van der Waals surface area (Å²) in [5.74, 6) is -0.395. The van der Waals surface area contributed by atoms with Crippen molar-refractivity contribution in [1.82, 2.24) is 5.32 Å². The van der Waals surface area contributed by atoms with Crippen molar-refractivity contribution < 1.29 is 14.7 Å². The predicted molar refractivity (Wildman–Crippen MR) is 91.8 cm³/mol. The van der Waals surface area contributed by atoms with Crippen LogP contribution in [0.5, 0.6) is 5.75 Å². The minimum atomic E-state index is -0.288. The zero-order valence-electron chi connectivity index (χ0n) is 13.2. The molecule has 1 aliphatic carbocycles. The summed E-state index contributed by atoms with van der Waals surface area (Å²) < 4.78 is 0. The number of phenolic OH excluding ortho intramolecular Hbond substituents is 1. The van der Waals surface area contributed by atoms with E-state index in [9.17, 15) is 14.7 Å². The summed E-state index contributed by atoms with van der Waals surface area (Å²) in [5.41, 5.74) is 2.50. The van der Waals surface area contributed by atoms with Gasteiger partial charge in [-0.05, 0) is 17.7 Å². The molecule has 0 aliphatic heterocycles. The molecule has 0 spiro atoms. The van der Waals surface area contributed by atoms with Crippen molar-refractivity contribution >= 4 is 17.8 Å². The highest BCUT2D eigenvalue weighted by Crippen LogP contribution is 2.32. The van der Waals surface area contributed by atoms with Gasteiger partial charge in [0.2, 0.25) is 0 Å². The summed E-state index contributed by atoms with van der Waals surface area (Å²) >= 11 is 0. The Morgan fingerprint density at radius 1 is 1.24 bits per heavy atom. The average molecular weight is 333 g/mol. The molecule has 6 heteroatoms. The number of nitrogens with zero attached hydrogens (tertiary/aromatic N) is 1. The highest BCUT2D eigenvalue weighted by atomic mass is 16.3. The van der Waals surface area contributed by atoms with Crippen LogP contribution in [-0.2, 0) is 11.3 Å². The molecule has 0 atom stereocenters. The predicted octanol–water partition coefficient (Wildman–Crippen LogP) is 2.46. The fourth-order valence-electron chi connectivity index (χ4n) is 2.54. The van der Waals surface area contributed by atoms with Crippen molar-refractivity contribution in [2.24, 2.45) is 0 Å². The minimum Gasteiger partial charge on any atom is -0.505 e. The number of hydrogen-bond donors (Lipinski definition) is 3. The van der Waals surface area contributed by atoms with Crippen LogP contribution in [0, 0.1) is 11.3 Å². The van der Waals surface area contributed by atoms with Crippen LogP contribution >= 0.6 is 0 Å². The Labute approximate surface area is 144 Å². The largest absolute Gasteiger partial charge is 0.505 e. The fourth-order valence-corrected chi connectivity index (χ4v) is 2.54. The average Bonchev–Trinajstić information content (AvgIpc) is 2.64. The van der Waals surface area contributed by atoms with Gasteiger partial charge in [-0.15, -0.1) is 0 Å². The number of phenols is 1. The smallest absolute Gasteiger partial charge is 0.186 e. The van der Waals surface area contributed by atoms with Crippen molar-refractivity contribution in [3.8, 4) is 11.8 Å². The molecule has 0 fully saturated rings. The zero-order valence-corrected chi connectivity index (χ0v) is 13.2. The number of anilines is 1. The van der Waals surface area contributed by atoms with Crippen molar-refractivity contribution in [3.05, 3.63) is 70.5 Å². The highest BCUT2D eigenvalue weighted by molar-refractivity contribution is 6.07. The van der Waals surface area contributed by atoms with Gasteiger partial charge in [-0.1, -0.05) is 30.3 Å². The molecule has 0 bridgehead atoms. The van der Waals surface area contributed by atoms with Crippen LogP contribution < -0.4 is 10.6 Å². The number of Topliss-reactive ketones (excluding diaryl/α,β-unsaturated/α-hetero) is 1. The molecule has 124 valence electrons. The van der Waals surface area contributed by atoms with Gasteiger partial charge in [0.15, 0.2) is 12.1 Å². The molecule has 25 heavy (non-hydrogen) atoms. The lowest BCUT2D eigenvalue weighted by molar-refractivity contribution is -0.116. The van der Waals surface area contributed by atoms with Gasteiger partial charge in [-0.3, -0.25) is 9.59 Å². The first-order valence-corrected chi connectivity index (χ1v) is 7.66. The molecule has 0 amide bonds. The van der Waals surface area contributed by atoms with Crippen LogP contribution in [0.25, 0.3) is 0 Å². The van der Waals surface area contributed by atoms with Gasteiger partial charge in [-0.2, -0.15) is 5.26 Å². The van der Waals surface area contributed by atoms with Crippen LogP contribution in [0.2, 0.25) is 0 Å². The van der Waals surface area contributed by atoms with Crippen LogP contribution in [-0.4, -0.2) is 17.2 Å². The van der Waals surface area contributed by atoms with Crippen molar-refractivity contribution in [1.29, 1.82) is 5.26 Å². The van der Waals surface area contributed by atoms with Gasteiger partial charge in [0.25, 0.3) is 0 Å². The molecule has 1 aliphatic rings. The lowest BCUT2D eigenvalue weighted by Gasteiger charge is -2.25. The molecular formula is C19H15N3O3. The first-order chi connectivity index (χ1) is 12.1. The number of aldehydes is 1. The molecule has 0 saturated carbocycles. The first kappa shape index (κ1) is 16.3. The Hall–Kier alpha value is -3.59. The summed E-state index contributed by atoms with van der Waals surface area (Å²) in [4.78, 5) is 22.9. The fraction of sp³-hybridized carbons (Fsp3) is 0.105. The number of rotatable bonds is 6. The van der Waals surface area contributed by atoms with Crippen LogP contribution in [0.1, 0.15) is 27.9 Å². The summed E-state index contributed by atoms with van der Waals surface area (Å²) in [6.45, 7) is 0.568. The molecule has 0 unspecified atom stereocenters. The minimum absolute atomic E-state index is 0.00674. The van der Waals surface area contributed by atoms with Gasteiger partial charge in [-0.25, -0.2) is 0 Å². The third-order valence-corrected chi connectivity index (χ3v) is 3.92. The van der Waals surface area contributed by atoms with Crippen LogP contribution in [0.4, 0.5) is 5.69 Å². The Morgan fingerprint density at radius 2 is 2.00 bits per heavy atom. The quantitative estimate of drug-likeness (QED) is 0.554. The molecule has 0 aromatic heterocycles. The number of allylic oxidation sites excluding steroid dienone is 2. The molecule has 3 rings (SSSR count). The second-order valence-electron chi connectivity index (χ2n) is 5.61. The molecule has 0 heterocycles. The van der Waals surface area contributed by atoms with E-state index in [0.717, 1.165) is 11.3 Å². The van der Waals surface area contributed by atoms with E-state index in [0.29, 0.717) is 18.5 Å². The van der Waals surface area contributed by atoms with Gasteiger partial charge < -0.3 is 15.7 Å². The third-order valence-electron chi connectivity index (χ3n) is 3.92. The molecule has 2 aromatic carbocycles. The summed E-state index contributed by atoms with van der Waals surface area (Å²) in [7, 11) is 0. The Bertz CT molecular complexity index is 912. The van der Waals surface area contributed by atoms with Gasteiger partial charge in [0.1, 0.15) is 11.4 Å². The second-order valence-corrected chi connectivity index (χ2v) is 5.61. The van der Waals surface area contributed by atoms with E-state index in [1.807, 2.05) is 36.4 Å². The molecular weight excluding hydrogens is 318 g/mol. The number of aromatic hydroxyl groups is 1. The lowest BCUT2D eigenvalue weighted by atomic mass is 9.97. The van der Waals surface area contributed by atoms with Crippen LogP contribution in [0.3, 0.4) is 0 Å². The van der Waals surface area contributed by atoms with E-state index >= 15 is 0 Å². The van der Waals surface area contributed by atoms with Gasteiger partial charge >= 0.3 is 0 Å². The van der Waals surface area contributed by atoms with Crippen molar-refractivity contribution in [2.45, 2.75) is 13.0 Å². The zero-order chi connectivity index (χ0) is 17.8. The van der Waals surface area contributed by atoms with E-state index in [2.05, 4.69) is 10.6 Å². The second kappa shape index (κ2) is 6.89. The summed E-state index contributed by atoms with van der Waals surface area (Å²) in [6, 6.07) is 14.3. The monoisotopic (exact) mass is 333 g/mol. The van der Waals surface area contributed by atoms with E-state index < -0.39 is 0 Å². The maximum Gasteiger partial charge on any atom is 0.186 e. The highest BCUT2D eigenvalue weighted by Gasteiger charge is 2.28. The molecule has 2 aromatic rings. The molecule has 0 radical (unpaired) electrons. The Balaban J connectivity index is 1.82. The topological polar surface area (TPSA) is 102 Å². The van der Waals surface area contributed by atoms with Gasteiger partial charge in [0.05, 0.1) is 29.3 Å². The summed E-state index contributed by atoms with van der Waals surface area (Å²) in [6.07, 6.45) is 0.737. The lowest BCUT2D eigenvalue weighted by Crippen LogP contribution is -2.32. The van der Waals surface area contributed by atoms with E-state index in [1.54, 1.807) is 0 Å². The number of carbonyl (C=O) groups is 2. The maximum atomic E-state index is 11.9. The van der Waals surface area contributed by atoms with Crippen LogP contribution in [0.15, 0.2) is 53.9 Å². The SMILES string of the molecule is N#Cc1cc(C=O)c(O)c(NC2=C(NCc3ccccc3)CC2=O)c1. The number of hydrogen-bond acceptors (Lipinski definition) is 6. The number of nitriles is 1. The maximum absolute atomic E-state index is 11.9. The van der Waals surface area contributed by atoms with E-state index in [-0.39, 0.29) is 34.8 Å². The van der Waals surface area contributed by atoms with E-state index in [4.69, 9.17) is 5.26 Å². The van der Waals surface area contributed by atoms with Crippen molar-refractivity contribution in [2.75, 3.05) is 5.32 Å². The number of ketones is 1. The third kappa shape index (κ3) is 3.35.